The molecule has 75 heavy (non-hydrogen) atoms. The summed E-state index contributed by atoms with van der Waals surface area (Å²) in [6.07, 6.45) is 0. The first-order chi connectivity index (χ1) is 37.2. The molecule has 0 spiro atoms. The Labute approximate surface area is 430 Å². The van der Waals surface area contributed by atoms with Crippen molar-refractivity contribution in [1.29, 1.82) is 0 Å². The number of benzene rings is 10. The second-order valence-electron chi connectivity index (χ2n) is 18.9. The molecule has 0 saturated heterocycles. The van der Waals surface area contributed by atoms with Gasteiger partial charge >= 0.3 is 0 Å². The van der Waals surface area contributed by atoms with Gasteiger partial charge in [-0.15, -0.1) is 0 Å². The number of hydrogen-bond acceptors (Lipinski definition) is 5. The molecule has 0 amide bonds. The van der Waals surface area contributed by atoms with Gasteiger partial charge in [-0.3, -0.25) is 9.13 Å². The van der Waals surface area contributed by atoms with E-state index in [1.54, 1.807) is 0 Å². The van der Waals surface area contributed by atoms with Gasteiger partial charge in [0, 0.05) is 60.3 Å². The normalized spacial score (nSPS) is 11.7. The molecule has 0 aliphatic carbocycles. The maximum absolute atomic E-state index is 5.37. The summed E-state index contributed by atoms with van der Waals surface area (Å²) in [5.41, 5.74) is 15.1. The Balaban J connectivity index is 0.981. The summed E-state index contributed by atoms with van der Waals surface area (Å²) < 4.78 is 6.87. The molecule has 10 aromatic carbocycles. The van der Waals surface area contributed by atoms with Crippen LogP contribution in [0.15, 0.2) is 255 Å². The van der Waals surface area contributed by atoms with Crippen molar-refractivity contribution in [3.63, 3.8) is 0 Å². The van der Waals surface area contributed by atoms with Crippen molar-refractivity contribution in [1.82, 2.24) is 38.6 Å². The lowest BCUT2D eigenvalue weighted by Crippen LogP contribution is -2.07. The fourth-order valence-corrected chi connectivity index (χ4v) is 11.1. The van der Waals surface area contributed by atoms with Crippen LogP contribution in [0.2, 0.25) is 0 Å². The summed E-state index contributed by atoms with van der Waals surface area (Å²) in [6.45, 7) is 0. The van der Waals surface area contributed by atoms with Crippen molar-refractivity contribution < 1.29 is 0 Å². The zero-order valence-corrected chi connectivity index (χ0v) is 40.3. The first-order valence-electron chi connectivity index (χ1n) is 25.2. The predicted molar refractivity (Wildman–Crippen MR) is 306 cm³/mol. The molecular formula is C67H42N8. The Kier molecular flexibility index (Phi) is 9.71. The van der Waals surface area contributed by atoms with Crippen LogP contribution < -0.4 is 0 Å². The maximum Gasteiger partial charge on any atom is 0.238 e. The average Bonchev–Trinajstić information content (AvgIpc) is 4.24. The molecule has 5 heterocycles. The molecule has 8 nitrogen and oxygen atoms in total. The lowest BCUT2D eigenvalue weighted by Gasteiger charge is -2.13. The highest BCUT2D eigenvalue weighted by Crippen LogP contribution is 2.44. The highest BCUT2D eigenvalue weighted by molar-refractivity contribution is 6.24. The van der Waals surface area contributed by atoms with Crippen LogP contribution in [0.4, 0.5) is 0 Å². The highest BCUT2D eigenvalue weighted by Gasteiger charge is 2.25. The topological polar surface area (TPSA) is 79.2 Å². The molecule has 0 unspecified atom stereocenters. The van der Waals surface area contributed by atoms with Crippen LogP contribution in [-0.4, -0.2) is 38.6 Å². The lowest BCUT2D eigenvalue weighted by atomic mass is 10.0. The number of para-hydroxylation sites is 3. The zero-order chi connectivity index (χ0) is 49.4. The fraction of sp³-hybridized carbons (Fsp3) is 0. The second kappa shape index (κ2) is 17.2. The Hall–Kier alpha value is -10.3. The van der Waals surface area contributed by atoms with Gasteiger partial charge in [-0.2, -0.15) is 9.97 Å². The first kappa shape index (κ1) is 42.4. The van der Waals surface area contributed by atoms with Crippen LogP contribution in [0, 0.1) is 0 Å². The summed E-state index contributed by atoms with van der Waals surface area (Å²) in [6, 6.07) is 89.2. The van der Waals surface area contributed by atoms with Gasteiger partial charge in [0.1, 0.15) is 0 Å². The molecule has 0 atom stereocenters. The number of hydrogen-bond donors (Lipinski definition) is 0. The molecule has 0 saturated carbocycles. The molecule has 0 radical (unpaired) electrons. The van der Waals surface area contributed by atoms with Crippen LogP contribution in [0.1, 0.15) is 0 Å². The third-order valence-electron chi connectivity index (χ3n) is 14.5. The fourth-order valence-electron chi connectivity index (χ4n) is 11.1. The van der Waals surface area contributed by atoms with Gasteiger partial charge in [-0.25, -0.2) is 15.0 Å². The predicted octanol–water partition coefficient (Wildman–Crippen LogP) is 16.3. The molecular weight excluding hydrogens is 917 g/mol. The van der Waals surface area contributed by atoms with Gasteiger partial charge < -0.3 is 4.57 Å². The zero-order valence-electron chi connectivity index (χ0n) is 40.3. The number of fused-ring (bicyclic) bond motifs is 10. The van der Waals surface area contributed by atoms with E-state index in [0.717, 1.165) is 110 Å². The monoisotopic (exact) mass is 958 g/mol. The summed E-state index contributed by atoms with van der Waals surface area (Å²) in [5.74, 6) is 2.36. The van der Waals surface area contributed by atoms with Gasteiger partial charge in [0.25, 0.3) is 0 Å². The summed E-state index contributed by atoms with van der Waals surface area (Å²) >= 11 is 0. The minimum Gasteiger partial charge on any atom is -0.307 e. The molecule has 5 aromatic heterocycles. The van der Waals surface area contributed by atoms with E-state index in [0.29, 0.717) is 23.5 Å². The Morgan fingerprint density at radius 2 is 0.613 bits per heavy atom. The maximum atomic E-state index is 5.37. The van der Waals surface area contributed by atoms with Gasteiger partial charge in [0.15, 0.2) is 11.6 Å². The summed E-state index contributed by atoms with van der Waals surface area (Å²) in [7, 11) is 0. The molecule has 350 valence electrons. The molecule has 0 bridgehead atoms. The molecule has 15 rings (SSSR count). The van der Waals surface area contributed by atoms with E-state index in [4.69, 9.17) is 24.9 Å². The minimum absolute atomic E-state index is 0.538. The third-order valence-corrected chi connectivity index (χ3v) is 14.5. The van der Waals surface area contributed by atoms with Crippen molar-refractivity contribution >= 4 is 65.4 Å². The smallest absolute Gasteiger partial charge is 0.238 e. The van der Waals surface area contributed by atoms with Gasteiger partial charge in [-0.1, -0.05) is 200 Å². The average molecular weight is 959 g/mol. The Bertz CT molecular complexity index is 4560. The Morgan fingerprint density at radius 1 is 0.227 bits per heavy atom. The minimum atomic E-state index is 0.538. The highest BCUT2D eigenvalue weighted by atomic mass is 15.2. The standard InChI is InChI=1S/C67H42N8/c1-6-20-43(21-7-1)56-42-57(44-22-8-2-9-23-44)69-66(68-56)74-59-33-19-17-31-51(59)54-40-47(34-38-60(54)74)48-35-39-61-55(41-48)53-37-36-52-50-30-16-18-32-58(50)73(49-28-14-5-15-29-49)62(52)63(53)75(61)67-71-64(45-24-10-3-11-25-45)70-65(72-67)46-26-12-4-13-27-46/h1-42H. The van der Waals surface area contributed by atoms with E-state index in [2.05, 4.69) is 220 Å². The second-order valence-corrected chi connectivity index (χ2v) is 18.9. The number of rotatable bonds is 8. The van der Waals surface area contributed by atoms with Crippen molar-refractivity contribution in [2.24, 2.45) is 0 Å². The van der Waals surface area contributed by atoms with E-state index in [1.165, 1.54) is 5.39 Å². The Morgan fingerprint density at radius 3 is 1.16 bits per heavy atom. The van der Waals surface area contributed by atoms with Crippen molar-refractivity contribution in [3.8, 4) is 74.0 Å². The third kappa shape index (κ3) is 6.95. The molecule has 8 heteroatoms. The van der Waals surface area contributed by atoms with Gasteiger partial charge in [0.2, 0.25) is 11.9 Å². The van der Waals surface area contributed by atoms with Crippen molar-refractivity contribution in [2.45, 2.75) is 0 Å². The van der Waals surface area contributed by atoms with Crippen LogP contribution in [0.5, 0.6) is 0 Å². The quantitative estimate of drug-likeness (QED) is 0.152. The largest absolute Gasteiger partial charge is 0.307 e. The van der Waals surface area contributed by atoms with Gasteiger partial charge in [0.05, 0.1) is 44.5 Å². The lowest BCUT2D eigenvalue weighted by molar-refractivity contribution is 0.953. The molecule has 15 aromatic rings. The van der Waals surface area contributed by atoms with Gasteiger partial charge in [-0.05, 0) is 65.7 Å². The molecule has 0 aliphatic rings. The van der Waals surface area contributed by atoms with Crippen LogP contribution >= 0.6 is 0 Å². The molecule has 0 aliphatic heterocycles. The van der Waals surface area contributed by atoms with Crippen LogP contribution in [-0.2, 0) is 0 Å². The molecule has 0 fully saturated rings. The first-order valence-corrected chi connectivity index (χ1v) is 25.2. The van der Waals surface area contributed by atoms with E-state index >= 15 is 0 Å². The van der Waals surface area contributed by atoms with Crippen LogP contribution in [0.25, 0.3) is 139 Å². The van der Waals surface area contributed by atoms with Crippen LogP contribution in [0.3, 0.4) is 0 Å². The van der Waals surface area contributed by atoms with E-state index in [-0.39, 0.29) is 0 Å². The number of nitrogens with zero attached hydrogens (tertiary/aromatic N) is 8. The SMILES string of the molecule is c1ccc(-c2cc(-c3ccccc3)nc(-n3c4ccccc4c4cc(-c5ccc6c(c5)c5ccc7c8ccccc8n(-c8ccccc8)c7c5n6-c5nc(-c6ccccc6)nc(-c6ccccc6)n5)ccc43)n2)cc1. The van der Waals surface area contributed by atoms with E-state index in [9.17, 15) is 0 Å². The van der Waals surface area contributed by atoms with Crippen molar-refractivity contribution in [3.05, 3.63) is 255 Å². The summed E-state index contributed by atoms with van der Waals surface area (Å²) in [4.78, 5) is 26.4. The number of aromatic nitrogens is 8. The molecule has 0 N–H and O–H groups in total. The summed E-state index contributed by atoms with van der Waals surface area (Å²) in [5, 5.41) is 6.72. The van der Waals surface area contributed by atoms with E-state index in [1.807, 2.05) is 48.5 Å². The van der Waals surface area contributed by atoms with Crippen molar-refractivity contribution in [2.75, 3.05) is 0 Å². The van der Waals surface area contributed by atoms with E-state index < -0.39 is 0 Å².